The van der Waals surface area contributed by atoms with Crippen molar-refractivity contribution in [2.75, 3.05) is 18.4 Å². The molecule has 1 aliphatic heterocycles. The minimum Gasteiger partial charge on any atom is -0.390 e. The number of aliphatic hydroxyl groups is 1. The summed E-state index contributed by atoms with van der Waals surface area (Å²) in [5.74, 6) is 0.374. The Kier molecular flexibility index (Phi) is 9.40. The summed E-state index contributed by atoms with van der Waals surface area (Å²) >= 11 is 0. The van der Waals surface area contributed by atoms with Crippen LogP contribution >= 0.6 is 0 Å². The lowest BCUT2D eigenvalue weighted by Crippen LogP contribution is -2.52. The minimum absolute atomic E-state index is 0.0699. The molecule has 1 saturated heterocycles. The highest BCUT2D eigenvalue weighted by Gasteiger charge is 2.31. The Balaban J connectivity index is 1.58. The maximum Gasteiger partial charge on any atom is 0.319 e. The Morgan fingerprint density at radius 2 is 1.89 bits per heavy atom. The van der Waals surface area contributed by atoms with Crippen LogP contribution in [-0.2, 0) is 0 Å². The second-order valence-corrected chi connectivity index (χ2v) is 10.2. The fraction of sp³-hybridized carbons (Fsp3) is 0.500. The minimum atomic E-state index is -0.725. The van der Waals surface area contributed by atoms with Crippen molar-refractivity contribution < 1.29 is 19.1 Å². The summed E-state index contributed by atoms with van der Waals surface area (Å²) in [5.41, 5.74) is 2.22. The molecule has 6 nitrogen and oxygen atoms in total. The third-order valence-corrected chi connectivity index (χ3v) is 6.81. The molecule has 4 atom stereocenters. The second kappa shape index (κ2) is 12.3. The normalized spacial score (nSPS) is 20.3. The van der Waals surface area contributed by atoms with Crippen LogP contribution in [-0.4, -0.2) is 53.1 Å². The van der Waals surface area contributed by atoms with E-state index >= 15 is 0 Å². The zero-order valence-corrected chi connectivity index (χ0v) is 21.1. The van der Waals surface area contributed by atoms with Gasteiger partial charge in [0.25, 0.3) is 0 Å². The van der Waals surface area contributed by atoms with Gasteiger partial charge in [-0.1, -0.05) is 38.1 Å². The fourth-order valence-corrected chi connectivity index (χ4v) is 4.87. The van der Waals surface area contributed by atoms with E-state index in [1.165, 1.54) is 19.1 Å². The molecule has 7 heteroatoms. The lowest BCUT2D eigenvalue weighted by molar-refractivity contribution is 0.0442. The highest BCUT2D eigenvalue weighted by Crippen LogP contribution is 2.32. The first-order valence-electron chi connectivity index (χ1n) is 12.5. The zero-order valence-electron chi connectivity index (χ0n) is 21.1. The number of halogens is 1. The monoisotopic (exact) mass is 483 g/mol. The summed E-state index contributed by atoms with van der Waals surface area (Å²) in [4.78, 5) is 26.6. The first kappa shape index (κ1) is 26.8. The topological polar surface area (TPSA) is 81.7 Å². The molecule has 2 aromatic rings. The summed E-state index contributed by atoms with van der Waals surface area (Å²) in [6, 6.07) is 13.0. The molecule has 0 aliphatic carbocycles. The summed E-state index contributed by atoms with van der Waals surface area (Å²) < 4.78 is 13.3. The van der Waals surface area contributed by atoms with Gasteiger partial charge in [-0.25, -0.2) is 9.18 Å². The SMILES string of the molecule is CC(=O)c1cccc(NC(=O)N[C@H](CC(C)C)[C@H](O)CN2CCC(c3ccc(F)cc3)CC2C)c1. The van der Waals surface area contributed by atoms with Crippen LogP contribution in [0.15, 0.2) is 48.5 Å². The van der Waals surface area contributed by atoms with Gasteiger partial charge in [0.15, 0.2) is 5.78 Å². The lowest BCUT2D eigenvalue weighted by atomic mass is 9.85. The number of benzene rings is 2. The van der Waals surface area contributed by atoms with Crippen molar-refractivity contribution in [3.63, 3.8) is 0 Å². The van der Waals surface area contributed by atoms with Gasteiger partial charge in [-0.05, 0) is 81.3 Å². The van der Waals surface area contributed by atoms with E-state index in [1.54, 1.807) is 24.3 Å². The molecule has 190 valence electrons. The number of nitrogens with one attached hydrogen (secondary N) is 2. The predicted octanol–water partition coefficient (Wildman–Crippen LogP) is 5.19. The molecule has 0 spiro atoms. The lowest BCUT2D eigenvalue weighted by Gasteiger charge is -2.40. The summed E-state index contributed by atoms with van der Waals surface area (Å²) in [5, 5.41) is 16.8. The number of hydrogen-bond donors (Lipinski definition) is 3. The fourth-order valence-electron chi connectivity index (χ4n) is 4.87. The van der Waals surface area contributed by atoms with Crippen LogP contribution in [0.2, 0.25) is 0 Å². The van der Waals surface area contributed by atoms with Crippen LogP contribution in [0.5, 0.6) is 0 Å². The number of rotatable bonds is 9. The van der Waals surface area contributed by atoms with Crippen molar-refractivity contribution in [1.29, 1.82) is 0 Å². The van der Waals surface area contributed by atoms with Crippen LogP contribution in [0.3, 0.4) is 0 Å². The third-order valence-electron chi connectivity index (χ3n) is 6.81. The number of nitrogens with zero attached hydrogens (tertiary/aromatic N) is 1. The molecule has 1 heterocycles. The second-order valence-electron chi connectivity index (χ2n) is 10.2. The molecular formula is C28H38FN3O3. The number of carbonyl (C=O) groups excluding carboxylic acids is 2. The first-order valence-corrected chi connectivity index (χ1v) is 12.5. The predicted molar refractivity (Wildman–Crippen MR) is 137 cm³/mol. The molecule has 1 aliphatic rings. The molecule has 35 heavy (non-hydrogen) atoms. The van der Waals surface area contributed by atoms with Gasteiger partial charge in [-0.3, -0.25) is 9.69 Å². The van der Waals surface area contributed by atoms with E-state index in [0.717, 1.165) is 24.9 Å². The van der Waals surface area contributed by atoms with Gasteiger partial charge in [0, 0.05) is 23.8 Å². The number of anilines is 1. The van der Waals surface area contributed by atoms with E-state index in [9.17, 15) is 19.1 Å². The van der Waals surface area contributed by atoms with Gasteiger partial charge >= 0.3 is 6.03 Å². The maximum absolute atomic E-state index is 13.3. The molecule has 2 unspecified atom stereocenters. The van der Waals surface area contributed by atoms with Gasteiger partial charge in [0.1, 0.15) is 5.82 Å². The largest absolute Gasteiger partial charge is 0.390 e. The van der Waals surface area contributed by atoms with Crippen LogP contribution < -0.4 is 10.6 Å². The molecule has 2 aromatic carbocycles. The third kappa shape index (κ3) is 7.87. The standard InChI is InChI=1S/C28H38FN3O3/c1-18(2)14-26(31-28(35)30-25-7-5-6-22(16-25)20(4)33)27(34)17-32-13-12-23(15-19(32)3)21-8-10-24(29)11-9-21/h5-11,16,18-19,23,26-27,34H,12-15,17H2,1-4H3,(H2,30,31,35)/t19?,23?,26-,27-/m1/s1. The average molecular weight is 484 g/mol. The smallest absolute Gasteiger partial charge is 0.319 e. The molecular weight excluding hydrogens is 445 g/mol. The highest BCUT2D eigenvalue weighted by atomic mass is 19.1. The molecule has 0 bridgehead atoms. The number of hydrogen-bond acceptors (Lipinski definition) is 4. The Morgan fingerprint density at radius 1 is 1.17 bits per heavy atom. The van der Waals surface area contributed by atoms with Crippen molar-refractivity contribution in [2.24, 2.45) is 5.92 Å². The summed E-state index contributed by atoms with van der Waals surface area (Å²) in [6.45, 7) is 9.06. The number of carbonyl (C=O) groups is 2. The molecule has 0 aromatic heterocycles. The van der Waals surface area contributed by atoms with Crippen molar-refractivity contribution >= 4 is 17.5 Å². The van der Waals surface area contributed by atoms with Crippen LogP contribution in [0.4, 0.5) is 14.9 Å². The Labute approximate surface area is 207 Å². The summed E-state index contributed by atoms with van der Waals surface area (Å²) in [7, 11) is 0. The summed E-state index contributed by atoms with van der Waals surface area (Å²) in [6.07, 6.45) is 1.80. The number of aliphatic hydroxyl groups excluding tert-OH is 1. The zero-order chi connectivity index (χ0) is 25.5. The Hall–Kier alpha value is -2.77. The van der Waals surface area contributed by atoms with Crippen molar-refractivity contribution in [1.82, 2.24) is 10.2 Å². The van der Waals surface area contributed by atoms with Gasteiger partial charge in [-0.15, -0.1) is 0 Å². The average Bonchev–Trinajstić information content (AvgIpc) is 2.80. The highest BCUT2D eigenvalue weighted by molar-refractivity contribution is 5.96. The van der Waals surface area contributed by atoms with Crippen LogP contribution in [0.1, 0.15) is 68.8 Å². The Bertz CT molecular complexity index is 995. The van der Waals surface area contributed by atoms with Gasteiger partial charge in [0.2, 0.25) is 0 Å². The van der Waals surface area contributed by atoms with E-state index in [0.29, 0.717) is 30.1 Å². The molecule has 3 rings (SSSR count). The van der Waals surface area contributed by atoms with Crippen LogP contribution in [0, 0.1) is 11.7 Å². The van der Waals surface area contributed by atoms with E-state index in [2.05, 4.69) is 36.3 Å². The van der Waals surface area contributed by atoms with Gasteiger partial charge < -0.3 is 15.7 Å². The van der Waals surface area contributed by atoms with Crippen molar-refractivity contribution in [2.45, 2.75) is 71.1 Å². The molecule has 0 saturated carbocycles. The number of ketones is 1. The van der Waals surface area contributed by atoms with Crippen molar-refractivity contribution in [3.8, 4) is 0 Å². The number of urea groups is 1. The van der Waals surface area contributed by atoms with Gasteiger partial charge in [-0.2, -0.15) is 0 Å². The number of Topliss-reactive ketones (excluding diaryl/α,β-unsaturated/α-hetero) is 1. The molecule has 1 fully saturated rings. The van der Waals surface area contributed by atoms with Crippen molar-refractivity contribution in [3.05, 3.63) is 65.5 Å². The number of piperidine rings is 1. The number of β-amino-alcohol motifs (C(OH)–C–C–N with tert-alkyl or cyclic N) is 1. The van der Waals surface area contributed by atoms with Gasteiger partial charge in [0.05, 0.1) is 12.1 Å². The molecule has 3 N–H and O–H groups in total. The number of likely N-dealkylation sites (tertiary alicyclic amines) is 1. The number of amides is 2. The van der Waals surface area contributed by atoms with E-state index in [-0.39, 0.29) is 23.6 Å². The maximum atomic E-state index is 13.3. The molecule has 0 radical (unpaired) electrons. The van der Waals surface area contributed by atoms with E-state index in [1.807, 2.05) is 12.1 Å². The quantitative estimate of drug-likeness (QED) is 0.429. The van der Waals surface area contributed by atoms with Crippen LogP contribution in [0.25, 0.3) is 0 Å². The Morgan fingerprint density at radius 3 is 2.51 bits per heavy atom. The van der Waals surface area contributed by atoms with E-state index < -0.39 is 18.2 Å². The van der Waals surface area contributed by atoms with E-state index in [4.69, 9.17) is 0 Å². The first-order chi connectivity index (χ1) is 16.6. The molecule has 2 amide bonds.